The van der Waals surface area contributed by atoms with Crippen molar-refractivity contribution >= 4 is 0 Å². The second kappa shape index (κ2) is 12.0. The van der Waals surface area contributed by atoms with Gasteiger partial charge in [0.1, 0.15) is 0 Å². The summed E-state index contributed by atoms with van der Waals surface area (Å²) in [5, 5.41) is 0. The molecule has 0 aliphatic heterocycles. The van der Waals surface area contributed by atoms with E-state index in [-0.39, 0.29) is 1.43 Å². The van der Waals surface area contributed by atoms with Gasteiger partial charge in [-0.15, -0.1) is 0 Å². The van der Waals surface area contributed by atoms with Gasteiger partial charge in [0, 0.05) is 0 Å². The summed E-state index contributed by atoms with van der Waals surface area (Å²) in [6.45, 7) is 4.44. The Morgan fingerprint density at radius 1 is 0.769 bits per heavy atom. The zero-order chi connectivity index (χ0) is 9.78. The molecule has 0 bridgehead atoms. The average molecular weight is 184 g/mol. The van der Waals surface area contributed by atoms with Crippen LogP contribution in [0.3, 0.4) is 0 Å². The summed E-state index contributed by atoms with van der Waals surface area (Å²) in [5.41, 5.74) is 0. The third-order valence-corrected chi connectivity index (χ3v) is 2.60. The van der Waals surface area contributed by atoms with Crippen LogP contribution in [0.5, 0.6) is 0 Å². The Labute approximate surface area is 86.6 Å². The number of hydrogen-bond donors (Lipinski definition) is 0. The van der Waals surface area contributed by atoms with E-state index in [2.05, 4.69) is 20.3 Å². The highest BCUT2D eigenvalue weighted by Gasteiger charge is 1.91. The molecular formula is C13H28+. The van der Waals surface area contributed by atoms with Gasteiger partial charge in [-0.05, 0) is 6.42 Å². The van der Waals surface area contributed by atoms with Gasteiger partial charge >= 0.3 is 1.43 Å². The predicted molar refractivity (Wildman–Crippen MR) is 62.9 cm³/mol. The third kappa shape index (κ3) is 12.0. The minimum atomic E-state index is 0. The molecule has 0 aliphatic carbocycles. The van der Waals surface area contributed by atoms with E-state index >= 15 is 0 Å². The maximum atomic E-state index is 2.28. The van der Waals surface area contributed by atoms with Gasteiger partial charge in [-0.3, -0.25) is 0 Å². The Balaban J connectivity index is 0. The van der Waals surface area contributed by atoms with Crippen LogP contribution in [-0.4, -0.2) is 0 Å². The van der Waals surface area contributed by atoms with Crippen molar-refractivity contribution in [2.75, 3.05) is 0 Å². The van der Waals surface area contributed by atoms with E-state index in [1.54, 1.807) is 0 Å². The molecule has 0 fully saturated rings. The highest BCUT2D eigenvalue weighted by atomic mass is 14.0. The first-order chi connectivity index (χ1) is 6.41. The lowest BCUT2D eigenvalue weighted by Gasteiger charge is -2.00. The van der Waals surface area contributed by atoms with Crippen LogP contribution in [0.1, 0.15) is 79.5 Å². The fraction of sp³-hybridized carbons (Fsp3) is 0.923. The Morgan fingerprint density at radius 3 is 1.69 bits per heavy atom. The van der Waals surface area contributed by atoms with Gasteiger partial charge in [0.25, 0.3) is 0 Å². The molecule has 0 N–H and O–H groups in total. The Bertz CT molecular complexity index is 71.3. The minimum Gasteiger partial charge on any atom is -0.0654 e. The smallest absolute Gasteiger partial charge is 0.0654 e. The summed E-state index contributed by atoms with van der Waals surface area (Å²) in [6, 6.07) is 0. The van der Waals surface area contributed by atoms with Crippen LogP contribution in [0.15, 0.2) is 0 Å². The molecule has 0 rings (SSSR count). The van der Waals surface area contributed by atoms with Crippen LogP contribution in [0, 0.1) is 6.42 Å². The van der Waals surface area contributed by atoms with E-state index < -0.39 is 0 Å². The molecule has 0 aromatic rings. The molecule has 0 nitrogen and oxygen atoms in total. The second-order valence-corrected chi connectivity index (χ2v) is 4.03. The molecule has 0 aromatic carbocycles. The van der Waals surface area contributed by atoms with E-state index in [1.807, 2.05) is 0 Å². The molecule has 0 aliphatic rings. The van der Waals surface area contributed by atoms with Crippen molar-refractivity contribution in [2.24, 2.45) is 0 Å². The van der Waals surface area contributed by atoms with E-state index in [0.29, 0.717) is 0 Å². The van der Waals surface area contributed by atoms with E-state index in [9.17, 15) is 0 Å². The zero-order valence-corrected chi connectivity index (χ0v) is 9.65. The van der Waals surface area contributed by atoms with Crippen molar-refractivity contribution < 1.29 is 1.43 Å². The van der Waals surface area contributed by atoms with Crippen molar-refractivity contribution in [2.45, 2.75) is 78.1 Å². The molecule has 0 saturated carbocycles. The first kappa shape index (κ1) is 13.0. The van der Waals surface area contributed by atoms with Crippen LogP contribution in [-0.2, 0) is 0 Å². The lowest BCUT2D eigenvalue weighted by molar-refractivity contribution is 0.564. The summed E-state index contributed by atoms with van der Waals surface area (Å²) >= 11 is 0. The molecule has 0 saturated heterocycles. The van der Waals surface area contributed by atoms with Crippen LogP contribution in [0.2, 0.25) is 0 Å². The number of rotatable bonds is 10. The molecule has 0 spiro atoms. The maximum absolute atomic E-state index is 2.28. The summed E-state index contributed by atoms with van der Waals surface area (Å²) in [6.07, 6.45) is 16.6. The Hall–Kier alpha value is 0. The van der Waals surface area contributed by atoms with Crippen molar-refractivity contribution in [3.05, 3.63) is 6.42 Å². The minimum absolute atomic E-state index is 0. The zero-order valence-electron chi connectivity index (χ0n) is 10.6. The maximum Gasteiger partial charge on any atom is 1.00 e. The summed E-state index contributed by atoms with van der Waals surface area (Å²) in [4.78, 5) is 0. The second-order valence-electron chi connectivity index (χ2n) is 4.03. The summed E-state index contributed by atoms with van der Waals surface area (Å²) < 4.78 is 0. The highest BCUT2D eigenvalue weighted by molar-refractivity contribution is 4.55. The third-order valence-electron chi connectivity index (χ3n) is 2.60. The van der Waals surface area contributed by atoms with Gasteiger partial charge in [-0.2, -0.15) is 0 Å². The molecule has 0 heterocycles. The first-order valence-electron chi connectivity index (χ1n) is 6.19. The highest BCUT2D eigenvalue weighted by Crippen LogP contribution is 2.10. The van der Waals surface area contributed by atoms with E-state index in [0.717, 1.165) is 0 Å². The predicted octanol–water partition coefficient (Wildman–Crippen LogP) is 5.24. The molecule has 0 unspecified atom stereocenters. The SMILES string of the molecule is C[CH]CCCCCCCCCCC.[H+]. The molecule has 79 valence electrons. The van der Waals surface area contributed by atoms with Crippen LogP contribution < -0.4 is 0 Å². The summed E-state index contributed by atoms with van der Waals surface area (Å²) in [7, 11) is 0. The average Bonchev–Trinajstić information content (AvgIpc) is 2.16. The monoisotopic (exact) mass is 184 g/mol. The van der Waals surface area contributed by atoms with Gasteiger partial charge in [-0.25, -0.2) is 0 Å². The van der Waals surface area contributed by atoms with Crippen molar-refractivity contribution in [1.82, 2.24) is 0 Å². The van der Waals surface area contributed by atoms with Gasteiger partial charge < -0.3 is 0 Å². The molecule has 0 aromatic heterocycles. The normalized spacial score (nSPS) is 10.6. The van der Waals surface area contributed by atoms with Crippen LogP contribution in [0.4, 0.5) is 0 Å². The topological polar surface area (TPSA) is 0 Å². The molecule has 0 heteroatoms. The lowest BCUT2D eigenvalue weighted by Crippen LogP contribution is -1.81. The van der Waals surface area contributed by atoms with Crippen molar-refractivity contribution in [3.63, 3.8) is 0 Å². The fourth-order valence-corrected chi connectivity index (χ4v) is 1.66. The standard InChI is InChI=1S/C13H27/c1-3-5-7-9-11-13-12-10-8-6-4-2/h3H,4-13H2,1-2H3/p+1. The fourth-order valence-electron chi connectivity index (χ4n) is 1.66. The van der Waals surface area contributed by atoms with Gasteiger partial charge in [-0.1, -0.05) is 78.1 Å². The van der Waals surface area contributed by atoms with Gasteiger partial charge in [0.15, 0.2) is 0 Å². The van der Waals surface area contributed by atoms with Gasteiger partial charge in [0.05, 0.1) is 0 Å². The molecule has 0 atom stereocenters. The molecular weight excluding hydrogens is 156 g/mol. The molecule has 0 amide bonds. The molecule has 1 radical (unpaired) electrons. The van der Waals surface area contributed by atoms with Crippen LogP contribution >= 0.6 is 0 Å². The number of unbranched alkanes of at least 4 members (excludes halogenated alkanes) is 10. The molecule has 13 heavy (non-hydrogen) atoms. The lowest BCUT2D eigenvalue weighted by atomic mass is 10.1. The largest absolute Gasteiger partial charge is 1.00 e. The van der Waals surface area contributed by atoms with Gasteiger partial charge in [0.2, 0.25) is 0 Å². The number of hydrogen-bond acceptors (Lipinski definition) is 0. The Kier molecular flexibility index (Phi) is 12.0. The summed E-state index contributed by atoms with van der Waals surface area (Å²) in [5.74, 6) is 0. The van der Waals surface area contributed by atoms with Crippen LogP contribution in [0.25, 0.3) is 0 Å². The van der Waals surface area contributed by atoms with E-state index in [1.165, 1.54) is 64.2 Å². The van der Waals surface area contributed by atoms with E-state index in [4.69, 9.17) is 0 Å². The Morgan fingerprint density at radius 2 is 1.23 bits per heavy atom. The first-order valence-corrected chi connectivity index (χ1v) is 6.19. The van der Waals surface area contributed by atoms with Crippen molar-refractivity contribution in [1.29, 1.82) is 0 Å². The quantitative estimate of drug-likeness (QED) is 0.407. The van der Waals surface area contributed by atoms with Crippen molar-refractivity contribution in [3.8, 4) is 0 Å².